The summed E-state index contributed by atoms with van der Waals surface area (Å²) in [7, 11) is 0. The molecule has 0 aliphatic rings. The van der Waals surface area contributed by atoms with E-state index in [1.165, 1.54) is 0 Å². The number of aromatic nitrogens is 2. The van der Waals surface area contributed by atoms with Crippen LogP contribution in [0.2, 0.25) is 0 Å². The van der Waals surface area contributed by atoms with Gasteiger partial charge < -0.3 is 14.6 Å². The molecule has 7 heteroatoms. The quantitative estimate of drug-likeness (QED) is 0.178. The van der Waals surface area contributed by atoms with Crippen LogP contribution in [0.25, 0.3) is 16.8 Å². The first-order chi connectivity index (χ1) is 16.7. The number of aryl methyl sites for hydroxylation is 1. The van der Waals surface area contributed by atoms with Crippen LogP contribution in [0.3, 0.4) is 0 Å². The minimum Gasteiger partial charge on any atom is -0.489 e. The molecule has 0 atom stereocenters. The van der Waals surface area contributed by atoms with E-state index in [4.69, 9.17) is 9.94 Å². The van der Waals surface area contributed by atoms with Crippen LogP contribution in [0.15, 0.2) is 91.0 Å². The van der Waals surface area contributed by atoms with Crippen LogP contribution in [0.4, 0.5) is 0 Å². The molecule has 0 fully saturated rings. The zero-order valence-electron chi connectivity index (χ0n) is 18.9. The number of rotatable bonds is 11. The smallest absolute Gasteiger partial charge is 0.274 e. The van der Waals surface area contributed by atoms with E-state index in [-0.39, 0.29) is 0 Å². The van der Waals surface area contributed by atoms with Crippen molar-refractivity contribution in [2.45, 2.75) is 13.0 Å². The van der Waals surface area contributed by atoms with Crippen molar-refractivity contribution in [3.63, 3.8) is 0 Å². The van der Waals surface area contributed by atoms with Crippen LogP contribution in [0.1, 0.15) is 22.3 Å². The summed E-state index contributed by atoms with van der Waals surface area (Å²) in [6.07, 6.45) is 8.62. The normalized spacial score (nSPS) is 11.5. The van der Waals surface area contributed by atoms with Crippen LogP contribution in [0, 0.1) is 0 Å². The predicted octanol–water partition coefficient (Wildman–Crippen LogP) is 4.30. The zero-order chi connectivity index (χ0) is 23.6. The fourth-order valence-electron chi connectivity index (χ4n) is 3.72. The summed E-state index contributed by atoms with van der Waals surface area (Å²) in [5.74, 6) is 0.314. The Morgan fingerprint density at radius 3 is 2.68 bits per heavy atom. The van der Waals surface area contributed by atoms with Gasteiger partial charge in [-0.25, -0.2) is 10.5 Å². The Kier molecular flexibility index (Phi) is 8.05. The minimum atomic E-state index is -0.533. The molecule has 1 heterocycles. The first-order valence-corrected chi connectivity index (χ1v) is 11.2. The van der Waals surface area contributed by atoms with Crippen molar-refractivity contribution < 1.29 is 14.7 Å². The number of carbonyl (C=O) groups is 1. The number of nitrogens with zero attached hydrogens (tertiary/aromatic N) is 2. The Balaban J connectivity index is 1.43. The van der Waals surface area contributed by atoms with Gasteiger partial charge in [0, 0.05) is 36.4 Å². The molecule has 0 saturated heterocycles. The number of hydrogen-bond donors (Lipinski definition) is 3. The molecule has 0 spiro atoms. The number of benzene rings is 3. The number of ether oxygens (including phenoxy) is 1. The molecule has 4 rings (SSSR count). The molecule has 0 unspecified atom stereocenters. The minimum absolute atomic E-state index is 0.394. The van der Waals surface area contributed by atoms with Crippen LogP contribution in [-0.4, -0.2) is 40.4 Å². The topological polar surface area (TPSA) is 88.4 Å². The van der Waals surface area contributed by atoms with Crippen molar-refractivity contribution in [3.8, 4) is 5.75 Å². The van der Waals surface area contributed by atoms with E-state index < -0.39 is 5.91 Å². The maximum absolute atomic E-state index is 11.6. The molecule has 0 saturated carbocycles. The number of hydroxylamine groups is 1. The molecular weight excluding hydrogens is 428 g/mol. The summed E-state index contributed by atoms with van der Waals surface area (Å²) in [6, 6.07) is 21.3. The molecule has 34 heavy (non-hydrogen) atoms. The van der Waals surface area contributed by atoms with Crippen molar-refractivity contribution >= 4 is 22.8 Å². The van der Waals surface area contributed by atoms with E-state index in [0.717, 1.165) is 47.2 Å². The first kappa shape index (κ1) is 23.2. The maximum atomic E-state index is 11.6. The van der Waals surface area contributed by atoms with Gasteiger partial charge in [-0.05, 0) is 47.7 Å². The van der Waals surface area contributed by atoms with E-state index in [9.17, 15) is 4.79 Å². The highest BCUT2D eigenvalue weighted by atomic mass is 16.5. The highest BCUT2D eigenvalue weighted by molar-refractivity contribution is 5.93. The molecule has 0 aliphatic heterocycles. The number of amides is 1. The second-order valence-corrected chi connectivity index (χ2v) is 7.96. The van der Waals surface area contributed by atoms with Gasteiger partial charge >= 0.3 is 0 Å². The van der Waals surface area contributed by atoms with Crippen molar-refractivity contribution in [1.29, 1.82) is 0 Å². The molecule has 3 N–H and O–H groups in total. The van der Waals surface area contributed by atoms with E-state index >= 15 is 0 Å². The van der Waals surface area contributed by atoms with Gasteiger partial charge in [0.05, 0.1) is 6.33 Å². The third kappa shape index (κ3) is 6.31. The monoisotopic (exact) mass is 456 g/mol. The number of hydrogen-bond acceptors (Lipinski definition) is 5. The molecule has 4 aromatic rings. The van der Waals surface area contributed by atoms with E-state index in [2.05, 4.69) is 39.1 Å². The Bertz CT molecular complexity index is 1230. The molecule has 3 aromatic carbocycles. The largest absolute Gasteiger partial charge is 0.489 e. The number of fused-ring (bicyclic) bond motifs is 1. The number of nitrogens with one attached hydrogen (secondary N) is 2. The summed E-state index contributed by atoms with van der Waals surface area (Å²) in [5.41, 5.74) is 4.08. The van der Waals surface area contributed by atoms with Gasteiger partial charge in [0.25, 0.3) is 5.91 Å². The Morgan fingerprint density at radius 2 is 1.88 bits per heavy atom. The molecule has 1 aromatic heterocycles. The van der Waals surface area contributed by atoms with Crippen LogP contribution >= 0.6 is 0 Å². The summed E-state index contributed by atoms with van der Waals surface area (Å²) in [4.78, 5) is 15.7. The van der Waals surface area contributed by atoms with Crippen molar-refractivity contribution in [2.75, 3.05) is 19.7 Å². The van der Waals surface area contributed by atoms with Gasteiger partial charge in [0.2, 0.25) is 0 Å². The molecule has 1 amide bonds. The average Bonchev–Trinajstić information content (AvgIpc) is 3.40. The zero-order valence-corrected chi connectivity index (χ0v) is 18.9. The number of imidazole rings is 1. The van der Waals surface area contributed by atoms with Gasteiger partial charge in [-0.15, -0.1) is 0 Å². The van der Waals surface area contributed by atoms with Gasteiger partial charge in [0.1, 0.15) is 12.4 Å². The molecule has 0 aliphatic carbocycles. The molecule has 0 bridgehead atoms. The lowest BCUT2D eigenvalue weighted by Crippen LogP contribution is -2.22. The van der Waals surface area contributed by atoms with Gasteiger partial charge in [0.15, 0.2) is 0 Å². The summed E-state index contributed by atoms with van der Waals surface area (Å²) in [6.45, 7) is 2.88. The van der Waals surface area contributed by atoms with Crippen molar-refractivity contribution in [1.82, 2.24) is 20.3 Å². The van der Waals surface area contributed by atoms with E-state index in [1.54, 1.807) is 23.8 Å². The number of carbonyl (C=O) groups excluding carboxylic acids is 1. The van der Waals surface area contributed by atoms with Crippen molar-refractivity contribution in [3.05, 3.63) is 102 Å². The lowest BCUT2D eigenvalue weighted by atomic mass is 10.1. The highest BCUT2D eigenvalue weighted by Gasteiger charge is 2.06. The summed E-state index contributed by atoms with van der Waals surface area (Å²) < 4.78 is 8.29. The SMILES string of the molecule is O=C(NO)c1ccc(C=C(CNCCCn2ccnc2)COc2cccc3ccccc23)cc1. The average molecular weight is 457 g/mol. The lowest BCUT2D eigenvalue weighted by molar-refractivity contribution is 0.0706. The van der Waals surface area contributed by atoms with E-state index in [1.807, 2.05) is 48.9 Å². The van der Waals surface area contributed by atoms with Gasteiger partial charge in [-0.1, -0.05) is 54.6 Å². The fourth-order valence-corrected chi connectivity index (χ4v) is 3.72. The third-order valence-corrected chi connectivity index (χ3v) is 5.49. The fraction of sp³-hybridized carbons (Fsp3) is 0.185. The third-order valence-electron chi connectivity index (χ3n) is 5.49. The molecule has 0 radical (unpaired) electrons. The Hall–Kier alpha value is -3.94. The van der Waals surface area contributed by atoms with Crippen molar-refractivity contribution in [2.24, 2.45) is 0 Å². The standard InChI is InChI=1S/C27H28N4O3/c32-27(30-33)24-11-9-21(10-12-24)17-22(18-28-13-4-15-31-16-14-29-20-31)19-34-26-8-3-6-23-5-1-2-7-25(23)26/h1-3,5-12,14,16-17,20,28,33H,4,13,15,18-19H2,(H,30,32). The molecule has 174 valence electrons. The lowest BCUT2D eigenvalue weighted by Gasteiger charge is -2.14. The van der Waals surface area contributed by atoms with E-state index in [0.29, 0.717) is 18.7 Å². The maximum Gasteiger partial charge on any atom is 0.274 e. The second kappa shape index (κ2) is 11.8. The summed E-state index contributed by atoms with van der Waals surface area (Å²) in [5, 5.41) is 14.5. The Labute approximate surface area is 198 Å². The van der Waals surface area contributed by atoms with Crippen LogP contribution in [0.5, 0.6) is 5.75 Å². The van der Waals surface area contributed by atoms with Crippen LogP contribution < -0.4 is 15.5 Å². The Morgan fingerprint density at radius 1 is 1.06 bits per heavy atom. The highest BCUT2D eigenvalue weighted by Crippen LogP contribution is 2.25. The molecule has 7 nitrogen and oxygen atoms in total. The summed E-state index contributed by atoms with van der Waals surface area (Å²) >= 11 is 0. The van der Waals surface area contributed by atoms with Gasteiger partial charge in [-0.3, -0.25) is 10.0 Å². The molecular formula is C27H28N4O3. The predicted molar refractivity (Wildman–Crippen MR) is 133 cm³/mol. The van der Waals surface area contributed by atoms with Crippen LogP contribution in [-0.2, 0) is 6.54 Å². The van der Waals surface area contributed by atoms with Gasteiger partial charge in [-0.2, -0.15) is 0 Å². The second-order valence-electron chi connectivity index (χ2n) is 7.96. The first-order valence-electron chi connectivity index (χ1n) is 11.2.